The van der Waals surface area contributed by atoms with Crippen LogP contribution in [0.25, 0.3) is 22.8 Å². The smallest absolute Gasteiger partial charge is 0.242 e. The summed E-state index contributed by atoms with van der Waals surface area (Å²) in [7, 11) is 1.75. The third-order valence-electron chi connectivity index (χ3n) is 9.32. The van der Waals surface area contributed by atoms with Crippen LogP contribution in [0.5, 0.6) is 0 Å². The number of fused-ring (bicyclic) bond motifs is 4. The van der Waals surface area contributed by atoms with Gasteiger partial charge in [0.15, 0.2) is 11.5 Å². The van der Waals surface area contributed by atoms with Gasteiger partial charge in [-0.3, -0.25) is 0 Å². The highest BCUT2D eigenvalue weighted by atomic mass is 16.5. The summed E-state index contributed by atoms with van der Waals surface area (Å²) < 4.78 is 8.87. The van der Waals surface area contributed by atoms with E-state index in [4.69, 9.17) is 19.7 Å². The van der Waals surface area contributed by atoms with E-state index in [2.05, 4.69) is 74.4 Å². The van der Waals surface area contributed by atoms with Crippen LogP contribution >= 0.6 is 0 Å². The first-order valence-electron chi connectivity index (χ1n) is 14.6. The topological polar surface area (TPSA) is 112 Å². The number of anilines is 2. The lowest BCUT2D eigenvalue weighted by Gasteiger charge is -2.48. The molecule has 1 saturated carbocycles. The lowest BCUT2D eigenvalue weighted by molar-refractivity contribution is 0.112. The third-order valence-corrected chi connectivity index (χ3v) is 9.32. The highest BCUT2D eigenvalue weighted by Crippen LogP contribution is 2.50. The second-order valence-electron chi connectivity index (χ2n) is 11.8. The van der Waals surface area contributed by atoms with Crippen LogP contribution in [0.15, 0.2) is 41.8 Å². The van der Waals surface area contributed by atoms with E-state index >= 15 is 0 Å². The number of hydrogen-bond donors (Lipinski definition) is 1. The molecule has 0 saturated heterocycles. The number of tetrazole rings is 1. The lowest BCUT2D eigenvalue weighted by Crippen LogP contribution is -2.46. The Morgan fingerprint density at radius 3 is 2.62 bits per heavy atom. The summed E-state index contributed by atoms with van der Waals surface area (Å²) >= 11 is 0. The Labute approximate surface area is 232 Å². The van der Waals surface area contributed by atoms with Gasteiger partial charge in [-0.15, -0.1) is 10.2 Å². The Morgan fingerprint density at radius 2 is 1.88 bits per heavy atom. The molecule has 11 heteroatoms. The Hall–Kier alpha value is -4.02. The van der Waals surface area contributed by atoms with Gasteiger partial charge in [-0.2, -0.15) is 9.78 Å². The minimum Gasteiger partial charge on any atom is -0.493 e. The fraction of sp³-hybridized carbons (Fsp3) is 0.517. The number of benzene rings is 1. The maximum atomic E-state index is 6.52. The zero-order valence-corrected chi connectivity index (χ0v) is 23.2. The molecule has 4 atom stereocenters. The van der Waals surface area contributed by atoms with Crippen molar-refractivity contribution in [1.82, 2.24) is 39.7 Å². The van der Waals surface area contributed by atoms with Gasteiger partial charge in [0, 0.05) is 24.4 Å². The Kier molecular flexibility index (Phi) is 5.36. The van der Waals surface area contributed by atoms with Crippen molar-refractivity contribution < 1.29 is 4.74 Å². The maximum absolute atomic E-state index is 6.52. The molecule has 3 aromatic heterocycles. The number of ether oxygens (including phenoxy) is 1. The summed E-state index contributed by atoms with van der Waals surface area (Å²) in [6, 6.07) is 11.0. The van der Waals surface area contributed by atoms with Crippen LogP contribution in [0.1, 0.15) is 57.6 Å². The normalized spacial score (nSPS) is 24.8. The van der Waals surface area contributed by atoms with Gasteiger partial charge in [-0.05, 0) is 49.3 Å². The summed E-state index contributed by atoms with van der Waals surface area (Å²) in [5, 5.41) is 16.4. The van der Waals surface area contributed by atoms with Gasteiger partial charge in [0.05, 0.1) is 18.8 Å². The number of rotatable bonds is 5. The van der Waals surface area contributed by atoms with Crippen molar-refractivity contribution >= 4 is 22.9 Å². The average molecular weight is 539 g/mol. The second-order valence-corrected chi connectivity index (χ2v) is 11.8. The quantitative estimate of drug-likeness (QED) is 0.393. The van der Waals surface area contributed by atoms with Crippen LogP contribution in [0, 0.1) is 17.8 Å². The molecule has 1 N–H and O–H groups in total. The van der Waals surface area contributed by atoms with Crippen molar-refractivity contribution in [1.29, 1.82) is 0 Å². The van der Waals surface area contributed by atoms with Crippen molar-refractivity contribution in [3.05, 3.63) is 47.4 Å². The van der Waals surface area contributed by atoms with E-state index in [0.29, 0.717) is 47.7 Å². The highest BCUT2D eigenvalue weighted by molar-refractivity contribution is 5.88. The molecule has 4 aliphatic rings. The van der Waals surface area contributed by atoms with Crippen LogP contribution in [0.4, 0.5) is 11.8 Å². The van der Waals surface area contributed by atoms with E-state index in [1.54, 1.807) is 7.05 Å². The number of allylic oxidation sites excluding steroid dienone is 2. The maximum Gasteiger partial charge on any atom is 0.242 e. The van der Waals surface area contributed by atoms with Crippen molar-refractivity contribution in [2.75, 3.05) is 16.8 Å². The molecule has 1 fully saturated rings. The van der Waals surface area contributed by atoms with Crippen molar-refractivity contribution in [2.45, 2.75) is 64.6 Å². The molecule has 0 spiro atoms. The molecule has 206 valence electrons. The number of nitrogens with zero attached hydrogens (tertiary/aromatic N) is 9. The largest absolute Gasteiger partial charge is 0.493 e. The van der Waals surface area contributed by atoms with Crippen LogP contribution in [-0.2, 0) is 18.3 Å². The molecular formula is C29H34N10O. The van der Waals surface area contributed by atoms with Crippen LogP contribution in [0.2, 0.25) is 0 Å². The Bertz CT molecular complexity index is 1620. The molecule has 11 nitrogen and oxygen atoms in total. The van der Waals surface area contributed by atoms with Crippen molar-refractivity contribution in [2.24, 2.45) is 24.8 Å². The summed E-state index contributed by atoms with van der Waals surface area (Å²) in [4.78, 5) is 19.0. The zero-order valence-electron chi connectivity index (χ0n) is 23.2. The first kappa shape index (κ1) is 23.8. The molecule has 2 aliphatic heterocycles. The van der Waals surface area contributed by atoms with Gasteiger partial charge in [0.25, 0.3) is 0 Å². The van der Waals surface area contributed by atoms with Gasteiger partial charge in [0.1, 0.15) is 17.9 Å². The van der Waals surface area contributed by atoms with E-state index in [9.17, 15) is 0 Å². The van der Waals surface area contributed by atoms with Crippen LogP contribution < -0.4 is 10.2 Å². The lowest BCUT2D eigenvalue weighted by atomic mass is 9.80. The minimum atomic E-state index is 0.0306. The van der Waals surface area contributed by atoms with E-state index < -0.39 is 0 Å². The van der Waals surface area contributed by atoms with Gasteiger partial charge in [-0.1, -0.05) is 43.7 Å². The SMILES string of the molecule is CC1CC[C@@H]2Cn3c(nc4nc(-c5nnn(C)n5)nc(NC(C)C5CCC5)c43)N3C2=C1OC[C@H]3c1ccccc1. The van der Waals surface area contributed by atoms with Gasteiger partial charge < -0.3 is 19.5 Å². The molecule has 5 heterocycles. The molecule has 2 unspecified atom stereocenters. The summed E-state index contributed by atoms with van der Waals surface area (Å²) in [5.74, 6) is 5.06. The first-order chi connectivity index (χ1) is 19.5. The molecule has 4 aromatic rings. The molecule has 2 aliphatic carbocycles. The van der Waals surface area contributed by atoms with Crippen LogP contribution in [0.3, 0.4) is 0 Å². The van der Waals surface area contributed by atoms with Gasteiger partial charge in [0.2, 0.25) is 17.6 Å². The van der Waals surface area contributed by atoms with E-state index in [1.165, 1.54) is 35.3 Å². The fourth-order valence-electron chi connectivity index (χ4n) is 6.91. The van der Waals surface area contributed by atoms with Crippen LogP contribution in [-0.4, -0.2) is 52.4 Å². The van der Waals surface area contributed by atoms with Crippen molar-refractivity contribution in [3.8, 4) is 11.6 Å². The number of hydrogen-bond acceptors (Lipinski definition) is 9. The standard InChI is InChI=1S/C29H34N10O/c1-16-12-13-20-14-38-23-25(30-17(2)18-10-7-11-18)31-27(28-34-36-37(3)35-28)32-26(23)33-29(38)39-21(15-40-24(16)22(20)39)19-8-5-4-6-9-19/h4-6,8-9,16-18,20-21H,7,10-15H2,1-3H3,(H,30,31,32)/t16?,17?,20-,21+/m1/s1. The third kappa shape index (κ3) is 3.62. The predicted octanol–water partition coefficient (Wildman–Crippen LogP) is 4.47. The predicted molar refractivity (Wildman–Crippen MR) is 150 cm³/mol. The molecule has 8 rings (SSSR count). The second kappa shape index (κ2) is 9.00. The minimum absolute atomic E-state index is 0.0306. The molecular weight excluding hydrogens is 504 g/mol. The Morgan fingerprint density at radius 1 is 1.02 bits per heavy atom. The number of imidazole rings is 1. The number of aromatic nitrogens is 8. The highest BCUT2D eigenvalue weighted by Gasteiger charge is 2.45. The van der Waals surface area contributed by atoms with E-state index in [1.807, 2.05) is 0 Å². The summed E-state index contributed by atoms with van der Waals surface area (Å²) in [6.07, 6.45) is 6.02. The number of aryl methyl sites for hydroxylation is 1. The van der Waals surface area contributed by atoms with E-state index in [0.717, 1.165) is 42.4 Å². The average Bonchev–Trinajstić information content (AvgIpc) is 3.53. The van der Waals surface area contributed by atoms with Gasteiger partial charge >= 0.3 is 0 Å². The first-order valence-corrected chi connectivity index (χ1v) is 14.6. The molecule has 0 bridgehead atoms. The summed E-state index contributed by atoms with van der Waals surface area (Å²) in [5.41, 5.74) is 4.12. The number of nitrogens with one attached hydrogen (secondary N) is 1. The monoisotopic (exact) mass is 538 g/mol. The zero-order chi connectivity index (χ0) is 27.0. The Balaban J connectivity index is 1.34. The fourth-order valence-corrected chi connectivity index (χ4v) is 6.91. The molecule has 1 aromatic carbocycles. The molecule has 40 heavy (non-hydrogen) atoms. The van der Waals surface area contributed by atoms with E-state index in [-0.39, 0.29) is 6.04 Å². The molecule has 0 radical (unpaired) electrons. The van der Waals surface area contributed by atoms with Crippen molar-refractivity contribution in [3.63, 3.8) is 0 Å². The molecule has 0 amide bonds. The van der Waals surface area contributed by atoms with Gasteiger partial charge in [-0.25, -0.2) is 9.97 Å². The summed E-state index contributed by atoms with van der Waals surface area (Å²) in [6.45, 7) is 5.96.